The van der Waals surface area contributed by atoms with Crippen molar-refractivity contribution in [1.82, 2.24) is 15.0 Å². The highest BCUT2D eigenvalue weighted by Crippen LogP contribution is 2.37. The van der Waals surface area contributed by atoms with E-state index in [9.17, 15) is 0 Å². The van der Waals surface area contributed by atoms with Gasteiger partial charge in [-0.05, 0) is 94.0 Å². The van der Waals surface area contributed by atoms with Crippen LogP contribution in [0.25, 0.3) is 111 Å². The van der Waals surface area contributed by atoms with E-state index in [0.29, 0.717) is 17.5 Å². The topological polar surface area (TPSA) is 65.0 Å². The molecular formula is C51H31N3O2. The van der Waals surface area contributed by atoms with Crippen molar-refractivity contribution >= 4 is 43.9 Å². The molecule has 0 unspecified atom stereocenters. The summed E-state index contributed by atoms with van der Waals surface area (Å²) in [4.78, 5) is 15.4. The first kappa shape index (κ1) is 31.9. The SMILES string of the molecule is c1ccc(-c2cccc(-c3cccc(-c4nc(-c5ccc6c(c5)oc5cc(-c7ccccc7)ccc56)nc(-c5ccc6oc7ccccc7c6c5)n4)c3)c2)cc1. The molecule has 3 heterocycles. The maximum Gasteiger partial charge on any atom is 0.164 e. The van der Waals surface area contributed by atoms with Crippen LogP contribution >= 0.6 is 0 Å². The minimum Gasteiger partial charge on any atom is -0.456 e. The molecule has 56 heavy (non-hydrogen) atoms. The van der Waals surface area contributed by atoms with E-state index in [2.05, 4.69) is 140 Å². The molecule has 0 aliphatic rings. The van der Waals surface area contributed by atoms with E-state index in [1.807, 2.05) is 48.5 Å². The van der Waals surface area contributed by atoms with Crippen molar-refractivity contribution < 1.29 is 8.83 Å². The van der Waals surface area contributed by atoms with Crippen LogP contribution in [0, 0.1) is 0 Å². The van der Waals surface area contributed by atoms with Gasteiger partial charge in [-0.1, -0.05) is 127 Å². The first-order chi connectivity index (χ1) is 27.7. The van der Waals surface area contributed by atoms with Crippen molar-refractivity contribution in [3.8, 4) is 67.5 Å². The highest BCUT2D eigenvalue weighted by atomic mass is 16.3. The van der Waals surface area contributed by atoms with Gasteiger partial charge in [0.25, 0.3) is 0 Å². The third-order valence-electron chi connectivity index (χ3n) is 10.5. The van der Waals surface area contributed by atoms with Crippen LogP contribution < -0.4 is 0 Å². The molecule has 11 aromatic rings. The highest BCUT2D eigenvalue weighted by Gasteiger charge is 2.17. The second-order valence-electron chi connectivity index (χ2n) is 14.0. The molecule has 5 heteroatoms. The number of fused-ring (bicyclic) bond motifs is 6. The van der Waals surface area contributed by atoms with Gasteiger partial charge < -0.3 is 8.83 Å². The van der Waals surface area contributed by atoms with Gasteiger partial charge in [-0.2, -0.15) is 0 Å². The van der Waals surface area contributed by atoms with Gasteiger partial charge in [-0.25, -0.2) is 15.0 Å². The highest BCUT2D eigenvalue weighted by molar-refractivity contribution is 6.07. The lowest BCUT2D eigenvalue weighted by Gasteiger charge is -2.10. The van der Waals surface area contributed by atoms with E-state index < -0.39 is 0 Å². The molecule has 11 rings (SSSR count). The van der Waals surface area contributed by atoms with Crippen LogP contribution in [0.15, 0.2) is 197 Å². The molecular weight excluding hydrogens is 687 g/mol. The van der Waals surface area contributed by atoms with E-state index in [1.54, 1.807) is 0 Å². The molecule has 0 spiro atoms. The Kier molecular flexibility index (Phi) is 7.42. The van der Waals surface area contributed by atoms with Gasteiger partial charge in [0.2, 0.25) is 0 Å². The summed E-state index contributed by atoms with van der Waals surface area (Å²) in [6.45, 7) is 0. The third-order valence-corrected chi connectivity index (χ3v) is 10.5. The van der Waals surface area contributed by atoms with Gasteiger partial charge in [0.05, 0.1) is 0 Å². The van der Waals surface area contributed by atoms with Gasteiger partial charge >= 0.3 is 0 Å². The Morgan fingerprint density at radius 3 is 1.29 bits per heavy atom. The predicted molar refractivity (Wildman–Crippen MR) is 227 cm³/mol. The minimum atomic E-state index is 0.561. The Balaban J connectivity index is 1.05. The predicted octanol–water partition coefficient (Wildman–Crippen LogP) is 13.7. The molecule has 0 fully saturated rings. The zero-order valence-corrected chi connectivity index (χ0v) is 30.1. The van der Waals surface area contributed by atoms with E-state index in [1.165, 1.54) is 5.56 Å². The number of rotatable bonds is 6. The summed E-state index contributed by atoms with van der Waals surface area (Å²) in [6.07, 6.45) is 0. The molecule has 0 radical (unpaired) electrons. The lowest BCUT2D eigenvalue weighted by Crippen LogP contribution is -2.00. The first-order valence-electron chi connectivity index (χ1n) is 18.7. The maximum atomic E-state index is 6.51. The van der Waals surface area contributed by atoms with E-state index in [4.69, 9.17) is 23.8 Å². The maximum absolute atomic E-state index is 6.51. The lowest BCUT2D eigenvalue weighted by molar-refractivity contribution is 0.668. The number of benzene rings is 8. The lowest BCUT2D eigenvalue weighted by atomic mass is 9.98. The zero-order chi connectivity index (χ0) is 37.0. The van der Waals surface area contributed by atoms with Gasteiger partial charge in [0.15, 0.2) is 17.5 Å². The van der Waals surface area contributed by atoms with Crippen LogP contribution in [0.2, 0.25) is 0 Å². The molecule has 8 aromatic carbocycles. The quantitative estimate of drug-likeness (QED) is 0.171. The van der Waals surface area contributed by atoms with Crippen LogP contribution in [0.3, 0.4) is 0 Å². The summed E-state index contributed by atoms with van der Waals surface area (Å²) in [5, 5.41) is 4.17. The van der Waals surface area contributed by atoms with E-state index in [0.717, 1.165) is 88.4 Å². The van der Waals surface area contributed by atoms with Gasteiger partial charge in [0, 0.05) is 38.2 Å². The molecule has 3 aromatic heterocycles. The van der Waals surface area contributed by atoms with Crippen LogP contribution in [0.5, 0.6) is 0 Å². The van der Waals surface area contributed by atoms with Crippen molar-refractivity contribution in [2.45, 2.75) is 0 Å². The number of para-hydroxylation sites is 1. The molecule has 262 valence electrons. The molecule has 0 aliphatic heterocycles. The summed E-state index contributed by atoms with van der Waals surface area (Å²) in [5.74, 6) is 1.72. The fraction of sp³-hybridized carbons (Fsp3) is 0. The summed E-state index contributed by atoms with van der Waals surface area (Å²) < 4.78 is 12.7. The second-order valence-corrected chi connectivity index (χ2v) is 14.0. The van der Waals surface area contributed by atoms with Crippen molar-refractivity contribution in [2.24, 2.45) is 0 Å². The van der Waals surface area contributed by atoms with Crippen molar-refractivity contribution in [3.05, 3.63) is 188 Å². The van der Waals surface area contributed by atoms with Gasteiger partial charge in [0.1, 0.15) is 22.3 Å². The standard InChI is InChI=1S/C51H31N3O2/c1-3-11-32(12-4-1)34-15-9-16-35(27-34)36-17-10-18-38(28-36)49-52-50(39-23-26-46-44(29-39)41-19-7-8-20-45(41)55-46)54-51(53-49)40-22-25-43-42-24-21-37(33-13-5-2-6-14-33)30-47(42)56-48(43)31-40/h1-31H. The number of nitrogens with zero attached hydrogens (tertiary/aromatic N) is 3. The first-order valence-corrected chi connectivity index (χ1v) is 18.7. The average Bonchev–Trinajstić information content (AvgIpc) is 3.84. The van der Waals surface area contributed by atoms with Crippen molar-refractivity contribution in [1.29, 1.82) is 0 Å². The van der Waals surface area contributed by atoms with E-state index >= 15 is 0 Å². The number of furan rings is 2. The Hall–Kier alpha value is -7.63. The second kappa shape index (κ2) is 13.0. The average molecular weight is 718 g/mol. The fourth-order valence-corrected chi connectivity index (χ4v) is 7.70. The van der Waals surface area contributed by atoms with Crippen LogP contribution in [-0.2, 0) is 0 Å². The molecule has 0 saturated heterocycles. The smallest absolute Gasteiger partial charge is 0.164 e. The Bertz CT molecular complexity index is 3250. The van der Waals surface area contributed by atoms with Crippen LogP contribution in [-0.4, -0.2) is 15.0 Å². The van der Waals surface area contributed by atoms with Gasteiger partial charge in [-0.15, -0.1) is 0 Å². The van der Waals surface area contributed by atoms with E-state index in [-0.39, 0.29) is 0 Å². The number of aromatic nitrogens is 3. The summed E-state index contributed by atoms with van der Waals surface area (Å²) in [6, 6.07) is 64.7. The molecule has 0 aliphatic carbocycles. The molecule has 0 bridgehead atoms. The Morgan fingerprint density at radius 2 is 0.625 bits per heavy atom. The fourth-order valence-electron chi connectivity index (χ4n) is 7.70. The zero-order valence-electron chi connectivity index (χ0n) is 30.1. The van der Waals surface area contributed by atoms with Crippen molar-refractivity contribution in [2.75, 3.05) is 0 Å². The third kappa shape index (κ3) is 5.62. The van der Waals surface area contributed by atoms with Crippen molar-refractivity contribution in [3.63, 3.8) is 0 Å². The molecule has 0 amide bonds. The van der Waals surface area contributed by atoms with Crippen LogP contribution in [0.1, 0.15) is 0 Å². The molecule has 0 atom stereocenters. The monoisotopic (exact) mass is 717 g/mol. The molecule has 0 saturated carbocycles. The number of hydrogen-bond donors (Lipinski definition) is 0. The Labute approximate surface area is 322 Å². The molecule has 0 N–H and O–H groups in total. The Morgan fingerprint density at radius 1 is 0.232 bits per heavy atom. The largest absolute Gasteiger partial charge is 0.456 e. The summed E-state index contributed by atoms with van der Waals surface area (Å²) >= 11 is 0. The minimum absolute atomic E-state index is 0.561. The summed E-state index contributed by atoms with van der Waals surface area (Å²) in [7, 11) is 0. The normalized spacial score (nSPS) is 11.6. The van der Waals surface area contributed by atoms with Gasteiger partial charge in [-0.3, -0.25) is 0 Å². The molecule has 5 nitrogen and oxygen atoms in total. The summed E-state index contributed by atoms with van der Waals surface area (Å²) in [5.41, 5.74) is 12.7. The number of hydrogen-bond acceptors (Lipinski definition) is 5. The van der Waals surface area contributed by atoms with Crippen LogP contribution in [0.4, 0.5) is 0 Å².